The first-order valence-electron chi connectivity index (χ1n) is 8.95. The Morgan fingerprint density at radius 2 is 1.85 bits per heavy atom. The van der Waals surface area contributed by atoms with Crippen LogP contribution in [0.25, 0.3) is 0 Å². The molecule has 142 valence electrons. The van der Waals surface area contributed by atoms with Gasteiger partial charge in [0, 0.05) is 12.0 Å². The van der Waals surface area contributed by atoms with E-state index in [2.05, 4.69) is 34.1 Å². The van der Waals surface area contributed by atoms with Crippen molar-refractivity contribution < 1.29 is 13.2 Å². The molecule has 0 fully saturated rings. The molecule has 1 amide bonds. The van der Waals surface area contributed by atoms with Gasteiger partial charge in [-0.1, -0.05) is 43.3 Å². The maximum Gasteiger partial charge on any atom is 0.263 e. The third-order valence-corrected chi connectivity index (χ3v) is 5.93. The van der Waals surface area contributed by atoms with Crippen LogP contribution in [-0.4, -0.2) is 26.7 Å². The van der Waals surface area contributed by atoms with E-state index in [0.29, 0.717) is 11.4 Å². The second-order valence-corrected chi connectivity index (χ2v) is 8.12. The van der Waals surface area contributed by atoms with E-state index in [-0.39, 0.29) is 29.8 Å². The number of carbonyl (C=O) groups is 1. The largest absolute Gasteiger partial charge is 0.350 e. The lowest BCUT2D eigenvalue weighted by atomic mass is 10.0. The van der Waals surface area contributed by atoms with Gasteiger partial charge in [-0.2, -0.15) is 0 Å². The molecule has 0 unspecified atom stereocenters. The number of amidine groups is 1. The van der Waals surface area contributed by atoms with E-state index in [1.165, 1.54) is 5.56 Å². The van der Waals surface area contributed by atoms with Crippen LogP contribution < -0.4 is 10.0 Å². The lowest BCUT2D eigenvalue weighted by Crippen LogP contribution is -2.27. The molecule has 2 aromatic carbocycles. The maximum atomic E-state index is 12.2. The SMILES string of the molecule is CCc1ccc([C@H](C)NC(=O)CCN=C2NS(=O)(=O)c3ccccc32)cc1. The number of fused-ring (bicyclic) bond motifs is 1. The van der Waals surface area contributed by atoms with Crippen molar-refractivity contribution in [3.05, 3.63) is 65.2 Å². The molecule has 0 saturated heterocycles. The van der Waals surface area contributed by atoms with Crippen molar-refractivity contribution >= 4 is 21.8 Å². The summed E-state index contributed by atoms with van der Waals surface area (Å²) in [7, 11) is -3.55. The molecular formula is C20H23N3O3S. The van der Waals surface area contributed by atoms with Crippen molar-refractivity contribution in [3.63, 3.8) is 0 Å². The minimum absolute atomic E-state index is 0.0956. The van der Waals surface area contributed by atoms with Crippen molar-refractivity contribution in [2.24, 2.45) is 4.99 Å². The smallest absolute Gasteiger partial charge is 0.263 e. The summed E-state index contributed by atoms with van der Waals surface area (Å²) in [5.41, 5.74) is 2.85. The quantitative estimate of drug-likeness (QED) is 0.801. The molecule has 6 nitrogen and oxygen atoms in total. The molecule has 2 aromatic rings. The van der Waals surface area contributed by atoms with Crippen molar-refractivity contribution in [1.82, 2.24) is 10.0 Å². The van der Waals surface area contributed by atoms with Gasteiger partial charge in [-0.25, -0.2) is 8.42 Å². The number of hydrogen-bond acceptors (Lipinski definition) is 4. The van der Waals surface area contributed by atoms with Gasteiger partial charge in [0.25, 0.3) is 10.0 Å². The number of rotatable bonds is 6. The highest BCUT2D eigenvalue weighted by atomic mass is 32.2. The summed E-state index contributed by atoms with van der Waals surface area (Å²) in [6.45, 7) is 4.25. The Morgan fingerprint density at radius 3 is 2.56 bits per heavy atom. The van der Waals surface area contributed by atoms with Crippen LogP contribution in [0.5, 0.6) is 0 Å². The molecule has 0 bridgehead atoms. The molecule has 1 atom stereocenters. The summed E-state index contributed by atoms with van der Waals surface area (Å²) < 4.78 is 26.5. The molecule has 3 rings (SSSR count). The summed E-state index contributed by atoms with van der Waals surface area (Å²) >= 11 is 0. The van der Waals surface area contributed by atoms with E-state index in [1.54, 1.807) is 24.3 Å². The molecule has 0 spiro atoms. The minimum Gasteiger partial charge on any atom is -0.350 e. The van der Waals surface area contributed by atoms with Gasteiger partial charge in [0.2, 0.25) is 5.91 Å². The Kier molecular flexibility index (Phi) is 5.60. The van der Waals surface area contributed by atoms with E-state index in [9.17, 15) is 13.2 Å². The number of aliphatic imine (C=N–C) groups is 1. The highest BCUT2D eigenvalue weighted by Crippen LogP contribution is 2.22. The van der Waals surface area contributed by atoms with Crippen LogP contribution >= 0.6 is 0 Å². The third kappa shape index (κ3) is 4.36. The Morgan fingerprint density at radius 1 is 1.15 bits per heavy atom. The highest BCUT2D eigenvalue weighted by Gasteiger charge is 2.29. The number of carbonyl (C=O) groups excluding carboxylic acids is 1. The van der Waals surface area contributed by atoms with Gasteiger partial charge in [-0.15, -0.1) is 0 Å². The summed E-state index contributed by atoms with van der Waals surface area (Å²) in [6, 6.07) is 14.7. The van der Waals surface area contributed by atoms with Crippen molar-refractivity contribution in [2.45, 2.75) is 37.6 Å². The van der Waals surface area contributed by atoms with Crippen LogP contribution in [0.15, 0.2) is 58.4 Å². The first-order valence-corrected chi connectivity index (χ1v) is 10.4. The molecule has 1 aliphatic heterocycles. The number of nitrogens with zero attached hydrogens (tertiary/aromatic N) is 1. The molecule has 2 N–H and O–H groups in total. The first kappa shape index (κ1) is 19.1. The molecule has 0 radical (unpaired) electrons. The van der Waals surface area contributed by atoms with E-state index < -0.39 is 10.0 Å². The molecule has 0 saturated carbocycles. The van der Waals surface area contributed by atoms with Crippen LogP contribution in [0.2, 0.25) is 0 Å². The van der Waals surface area contributed by atoms with Crippen LogP contribution in [0.4, 0.5) is 0 Å². The van der Waals surface area contributed by atoms with Gasteiger partial charge in [0.1, 0.15) is 5.84 Å². The van der Waals surface area contributed by atoms with Crippen LogP contribution in [-0.2, 0) is 21.2 Å². The number of benzene rings is 2. The van der Waals surface area contributed by atoms with Crippen molar-refractivity contribution in [3.8, 4) is 0 Å². The topological polar surface area (TPSA) is 87.6 Å². The second kappa shape index (κ2) is 7.92. The molecule has 27 heavy (non-hydrogen) atoms. The zero-order chi connectivity index (χ0) is 19.4. The summed E-state index contributed by atoms with van der Waals surface area (Å²) in [6.07, 6.45) is 1.17. The van der Waals surface area contributed by atoms with Gasteiger partial charge in [-0.3, -0.25) is 14.5 Å². The molecule has 0 aliphatic carbocycles. The minimum atomic E-state index is -3.55. The molecular weight excluding hydrogens is 362 g/mol. The van der Waals surface area contributed by atoms with Crippen molar-refractivity contribution in [1.29, 1.82) is 0 Å². The normalized spacial score (nSPS) is 17.2. The number of sulfonamides is 1. The number of aryl methyl sites for hydroxylation is 1. The summed E-state index contributed by atoms with van der Waals surface area (Å²) in [5.74, 6) is 0.169. The molecule has 1 aliphatic rings. The number of hydrogen-bond donors (Lipinski definition) is 2. The Bertz CT molecular complexity index is 966. The van der Waals surface area contributed by atoms with E-state index >= 15 is 0 Å². The van der Waals surface area contributed by atoms with E-state index in [4.69, 9.17) is 0 Å². The van der Waals surface area contributed by atoms with Gasteiger partial charge in [-0.05, 0) is 36.6 Å². The Balaban J connectivity index is 1.57. The van der Waals surface area contributed by atoms with Gasteiger partial charge < -0.3 is 5.32 Å². The van der Waals surface area contributed by atoms with E-state index in [0.717, 1.165) is 12.0 Å². The van der Waals surface area contributed by atoms with Crippen LogP contribution in [0.3, 0.4) is 0 Å². The third-order valence-electron chi connectivity index (χ3n) is 4.54. The molecule has 7 heteroatoms. The standard InChI is InChI=1S/C20H23N3O3S/c1-3-15-8-10-16(11-9-15)14(2)22-19(24)12-13-21-20-17-6-4-5-7-18(17)27(25,26)23-20/h4-11,14H,3,12-13H2,1-2H3,(H,21,23)(H,22,24)/t14-/m0/s1. The zero-order valence-electron chi connectivity index (χ0n) is 15.4. The van der Waals surface area contributed by atoms with Gasteiger partial charge in [0.05, 0.1) is 17.5 Å². The predicted molar refractivity (Wildman–Crippen MR) is 105 cm³/mol. The molecule has 1 heterocycles. The monoisotopic (exact) mass is 385 g/mol. The lowest BCUT2D eigenvalue weighted by molar-refractivity contribution is -0.121. The summed E-state index contributed by atoms with van der Waals surface area (Å²) in [4.78, 5) is 16.7. The predicted octanol–water partition coefficient (Wildman–Crippen LogP) is 2.56. The number of nitrogens with one attached hydrogen (secondary N) is 2. The fourth-order valence-corrected chi connectivity index (χ4v) is 4.21. The first-order chi connectivity index (χ1) is 12.9. The van der Waals surface area contributed by atoms with Crippen molar-refractivity contribution in [2.75, 3.05) is 6.54 Å². The Hall–Kier alpha value is -2.67. The average Bonchev–Trinajstić information content (AvgIpc) is 2.92. The fraction of sp³-hybridized carbons (Fsp3) is 0.300. The second-order valence-electron chi connectivity index (χ2n) is 6.47. The number of amides is 1. The zero-order valence-corrected chi connectivity index (χ0v) is 16.2. The van der Waals surface area contributed by atoms with Crippen LogP contribution in [0.1, 0.15) is 43.0 Å². The maximum absolute atomic E-state index is 12.2. The summed E-state index contributed by atoms with van der Waals surface area (Å²) in [5, 5.41) is 2.95. The highest BCUT2D eigenvalue weighted by molar-refractivity contribution is 7.90. The average molecular weight is 385 g/mol. The Labute approximate surface area is 159 Å². The fourth-order valence-electron chi connectivity index (χ4n) is 2.96. The molecule has 0 aromatic heterocycles. The van der Waals surface area contributed by atoms with E-state index in [1.807, 2.05) is 19.1 Å². The lowest BCUT2D eigenvalue weighted by Gasteiger charge is -2.14. The van der Waals surface area contributed by atoms with Crippen LogP contribution in [0, 0.1) is 0 Å². The van der Waals surface area contributed by atoms with Gasteiger partial charge >= 0.3 is 0 Å². The van der Waals surface area contributed by atoms with Gasteiger partial charge in [0.15, 0.2) is 0 Å².